The monoisotopic (exact) mass is 582 g/mol. The summed E-state index contributed by atoms with van der Waals surface area (Å²) in [5.41, 5.74) is 0.100. The van der Waals surface area contributed by atoms with Crippen LogP contribution >= 0.6 is 11.6 Å². The number of aliphatic carboxylic acids is 1. The molecule has 1 unspecified atom stereocenters. The molecule has 2 aromatic rings. The summed E-state index contributed by atoms with van der Waals surface area (Å²) < 4.78 is 61.5. The molecule has 1 amide bonds. The SMILES string of the molecule is O=C(O)C1CCCN1C(=O)c1cc(C2CC2)c(OCC2CCN(Cc3cc(Cl)ccc3C(F)(F)F)CC2)cc1F. The number of piperidine rings is 1. The fourth-order valence-electron chi connectivity index (χ4n) is 5.72. The Kier molecular flexibility index (Phi) is 8.29. The zero-order valence-corrected chi connectivity index (χ0v) is 22.6. The molecule has 40 heavy (non-hydrogen) atoms. The van der Waals surface area contributed by atoms with Crippen molar-refractivity contribution in [2.75, 3.05) is 26.2 Å². The summed E-state index contributed by atoms with van der Waals surface area (Å²) in [6, 6.07) is 5.44. The third-order valence-electron chi connectivity index (χ3n) is 8.09. The number of carboxylic acid groups (broad SMARTS) is 1. The Labute approximate surface area is 234 Å². The van der Waals surface area contributed by atoms with Crippen LogP contribution in [0.4, 0.5) is 17.6 Å². The van der Waals surface area contributed by atoms with Crippen molar-refractivity contribution in [1.82, 2.24) is 9.80 Å². The van der Waals surface area contributed by atoms with E-state index in [0.29, 0.717) is 51.1 Å². The van der Waals surface area contributed by atoms with Gasteiger partial charge in [-0.05, 0) is 98.8 Å². The van der Waals surface area contributed by atoms with Crippen molar-refractivity contribution in [3.8, 4) is 5.75 Å². The molecule has 1 N–H and O–H groups in total. The molecule has 6 nitrogen and oxygen atoms in total. The van der Waals surface area contributed by atoms with Crippen molar-refractivity contribution in [1.29, 1.82) is 0 Å². The Hall–Kier alpha value is -2.85. The normalized spacial score (nSPS) is 20.6. The maximum absolute atomic E-state index is 15.1. The van der Waals surface area contributed by atoms with Gasteiger partial charge in [-0.15, -0.1) is 0 Å². The predicted molar refractivity (Wildman–Crippen MR) is 140 cm³/mol. The largest absolute Gasteiger partial charge is 0.493 e. The van der Waals surface area contributed by atoms with Gasteiger partial charge in [0.1, 0.15) is 17.6 Å². The van der Waals surface area contributed by atoms with E-state index in [1.165, 1.54) is 29.2 Å². The number of amides is 1. The van der Waals surface area contributed by atoms with Crippen LogP contribution < -0.4 is 4.74 Å². The van der Waals surface area contributed by atoms with Gasteiger partial charge in [0.2, 0.25) is 0 Å². The summed E-state index contributed by atoms with van der Waals surface area (Å²) >= 11 is 5.96. The van der Waals surface area contributed by atoms with Crippen LogP contribution in [0.1, 0.15) is 71.5 Å². The summed E-state index contributed by atoms with van der Waals surface area (Å²) in [4.78, 5) is 27.8. The van der Waals surface area contributed by atoms with E-state index in [-0.39, 0.29) is 41.1 Å². The molecule has 5 rings (SSSR count). The minimum absolute atomic E-state index is 0.130. The zero-order chi connectivity index (χ0) is 28.6. The number of hydrogen-bond acceptors (Lipinski definition) is 4. The van der Waals surface area contributed by atoms with E-state index in [1.54, 1.807) is 0 Å². The highest BCUT2D eigenvalue weighted by Gasteiger charge is 2.37. The molecule has 1 atom stereocenters. The number of ether oxygens (including phenoxy) is 1. The molecule has 0 spiro atoms. The summed E-state index contributed by atoms with van der Waals surface area (Å²) in [7, 11) is 0. The lowest BCUT2D eigenvalue weighted by Gasteiger charge is -2.32. The number of carbonyl (C=O) groups is 2. The molecule has 2 aromatic carbocycles. The van der Waals surface area contributed by atoms with Crippen molar-refractivity contribution >= 4 is 23.5 Å². The molecule has 0 bridgehead atoms. The van der Waals surface area contributed by atoms with Gasteiger partial charge in [-0.25, -0.2) is 9.18 Å². The third-order valence-corrected chi connectivity index (χ3v) is 8.33. The molecule has 11 heteroatoms. The lowest BCUT2D eigenvalue weighted by Crippen LogP contribution is -2.40. The van der Waals surface area contributed by atoms with Crippen molar-refractivity contribution in [3.05, 3.63) is 63.4 Å². The molecule has 0 radical (unpaired) electrons. The third kappa shape index (κ3) is 6.38. The van der Waals surface area contributed by atoms with E-state index < -0.39 is 35.5 Å². The second kappa shape index (κ2) is 11.6. The molecule has 1 saturated carbocycles. The quantitative estimate of drug-likeness (QED) is 0.367. The average Bonchev–Trinajstić information content (AvgIpc) is 3.61. The van der Waals surface area contributed by atoms with Gasteiger partial charge in [-0.2, -0.15) is 13.2 Å². The highest BCUT2D eigenvalue weighted by Crippen LogP contribution is 2.45. The summed E-state index contributed by atoms with van der Waals surface area (Å²) in [5.74, 6) is -1.74. The van der Waals surface area contributed by atoms with E-state index in [4.69, 9.17) is 16.3 Å². The van der Waals surface area contributed by atoms with Crippen LogP contribution in [0.25, 0.3) is 0 Å². The number of likely N-dealkylation sites (tertiary alicyclic amines) is 2. The fraction of sp³-hybridized carbons (Fsp3) is 0.517. The zero-order valence-electron chi connectivity index (χ0n) is 21.9. The topological polar surface area (TPSA) is 70.1 Å². The Balaban J connectivity index is 1.21. The molecular formula is C29H31ClF4N2O4. The Morgan fingerprint density at radius 3 is 2.40 bits per heavy atom. The first kappa shape index (κ1) is 28.7. The first-order chi connectivity index (χ1) is 19.0. The van der Waals surface area contributed by atoms with E-state index >= 15 is 4.39 Å². The summed E-state index contributed by atoms with van der Waals surface area (Å²) in [5, 5.41) is 9.69. The maximum Gasteiger partial charge on any atom is 0.416 e. The Bertz CT molecular complexity index is 1280. The number of carboxylic acids is 1. The number of hydrogen-bond donors (Lipinski definition) is 1. The van der Waals surface area contributed by atoms with Crippen LogP contribution in [0, 0.1) is 11.7 Å². The van der Waals surface area contributed by atoms with Crippen molar-refractivity contribution in [2.45, 2.75) is 63.2 Å². The lowest BCUT2D eigenvalue weighted by molar-refractivity contribution is -0.141. The number of nitrogens with zero attached hydrogens (tertiary/aromatic N) is 2. The Morgan fingerprint density at radius 2 is 1.75 bits per heavy atom. The number of benzene rings is 2. The van der Waals surface area contributed by atoms with Crippen molar-refractivity contribution in [2.24, 2.45) is 5.92 Å². The Morgan fingerprint density at radius 1 is 1.02 bits per heavy atom. The summed E-state index contributed by atoms with van der Waals surface area (Å²) in [6.07, 6.45) is -0.315. The van der Waals surface area contributed by atoms with Crippen LogP contribution in [0.3, 0.4) is 0 Å². The van der Waals surface area contributed by atoms with Gasteiger partial charge >= 0.3 is 12.1 Å². The van der Waals surface area contributed by atoms with Crippen LogP contribution in [0.5, 0.6) is 5.75 Å². The standard InChI is InChI=1S/C29H31ClF4N2O4/c30-20-5-6-23(29(32,33)34)19(12-20)15-35-10-7-17(8-11-35)16-40-26-14-24(31)22(13-21(26)18-3-4-18)27(37)36-9-1-2-25(36)28(38)39/h5-6,12-14,17-18,25H,1-4,7-11,15-16H2,(H,38,39). The highest BCUT2D eigenvalue weighted by atomic mass is 35.5. The molecule has 216 valence electrons. The van der Waals surface area contributed by atoms with Gasteiger partial charge in [0.25, 0.3) is 5.91 Å². The first-order valence-electron chi connectivity index (χ1n) is 13.6. The lowest BCUT2D eigenvalue weighted by atomic mass is 9.96. The summed E-state index contributed by atoms with van der Waals surface area (Å²) in [6.45, 7) is 1.94. The molecule has 3 fully saturated rings. The smallest absolute Gasteiger partial charge is 0.416 e. The van der Waals surface area contributed by atoms with Crippen molar-refractivity contribution < 1.29 is 37.0 Å². The van der Waals surface area contributed by atoms with Crippen LogP contribution in [0.15, 0.2) is 30.3 Å². The number of carbonyl (C=O) groups excluding carboxylic acids is 1. The van der Waals surface area contributed by atoms with Gasteiger partial charge in [0, 0.05) is 24.2 Å². The van der Waals surface area contributed by atoms with E-state index in [0.717, 1.165) is 24.5 Å². The van der Waals surface area contributed by atoms with Crippen LogP contribution in [-0.4, -0.2) is 59.1 Å². The molecule has 3 aliphatic rings. The predicted octanol–water partition coefficient (Wildman–Crippen LogP) is 6.36. The first-order valence-corrected chi connectivity index (χ1v) is 14.0. The van der Waals surface area contributed by atoms with Gasteiger partial charge in [-0.1, -0.05) is 11.6 Å². The van der Waals surface area contributed by atoms with E-state index in [9.17, 15) is 27.9 Å². The van der Waals surface area contributed by atoms with Crippen LogP contribution in [-0.2, 0) is 17.5 Å². The van der Waals surface area contributed by atoms with Gasteiger partial charge in [-0.3, -0.25) is 9.69 Å². The average molecular weight is 583 g/mol. The molecule has 0 aromatic heterocycles. The number of halogens is 5. The molecule has 2 heterocycles. The van der Waals surface area contributed by atoms with Gasteiger partial charge < -0.3 is 14.7 Å². The van der Waals surface area contributed by atoms with E-state index in [1.807, 2.05) is 4.90 Å². The molecule has 1 aliphatic carbocycles. The molecule has 2 aliphatic heterocycles. The number of rotatable bonds is 8. The van der Waals surface area contributed by atoms with Crippen LogP contribution in [0.2, 0.25) is 5.02 Å². The molecule has 2 saturated heterocycles. The maximum atomic E-state index is 15.1. The highest BCUT2D eigenvalue weighted by molar-refractivity contribution is 6.30. The van der Waals surface area contributed by atoms with Gasteiger partial charge in [0.05, 0.1) is 17.7 Å². The van der Waals surface area contributed by atoms with Crippen molar-refractivity contribution in [3.63, 3.8) is 0 Å². The van der Waals surface area contributed by atoms with Gasteiger partial charge in [0.15, 0.2) is 0 Å². The fourth-order valence-corrected chi connectivity index (χ4v) is 5.92. The minimum atomic E-state index is -4.45. The van der Waals surface area contributed by atoms with E-state index in [2.05, 4.69) is 0 Å². The number of alkyl halides is 3. The minimum Gasteiger partial charge on any atom is -0.493 e. The molecular weight excluding hydrogens is 552 g/mol. The second-order valence-corrected chi connectivity index (χ2v) is 11.4. The second-order valence-electron chi connectivity index (χ2n) is 11.0.